The first-order chi connectivity index (χ1) is 14.7. The van der Waals surface area contributed by atoms with Crippen molar-refractivity contribution in [2.24, 2.45) is 0 Å². The van der Waals surface area contributed by atoms with Gasteiger partial charge in [-0.3, -0.25) is 4.79 Å². The third-order valence-corrected chi connectivity index (χ3v) is 5.11. The van der Waals surface area contributed by atoms with Gasteiger partial charge >= 0.3 is 0 Å². The zero-order chi connectivity index (χ0) is 20.5. The number of hydrogen-bond acceptors (Lipinski definition) is 7. The van der Waals surface area contributed by atoms with Gasteiger partial charge in [-0.15, -0.1) is 0 Å². The molecule has 2 aromatic heterocycles. The van der Waals surface area contributed by atoms with Gasteiger partial charge in [0.15, 0.2) is 11.5 Å². The highest BCUT2D eigenvalue weighted by molar-refractivity contribution is 5.95. The Morgan fingerprint density at radius 1 is 1.27 bits per heavy atom. The second-order valence-electron chi connectivity index (χ2n) is 7.19. The summed E-state index contributed by atoms with van der Waals surface area (Å²) in [5.41, 5.74) is 3.04. The summed E-state index contributed by atoms with van der Waals surface area (Å²) >= 11 is 0. The number of aromatic nitrogens is 4. The summed E-state index contributed by atoms with van der Waals surface area (Å²) in [6.45, 7) is 1.13. The SMILES string of the molecule is COCCNC(=O)c1cnn(-c2nccc(-c3ccc4c(c3)OCO4)n2)c1C1CC1. The molecule has 5 rings (SSSR count). The number of nitrogens with one attached hydrogen (secondary N) is 1. The molecule has 1 N–H and O–H groups in total. The molecule has 2 aliphatic rings. The van der Waals surface area contributed by atoms with Crippen molar-refractivity contribution in [3.05, 3.63) is 47.9 Å². The van der Waals surface area contributed by atoms with Gasteiger partial charge in [0, 0.05) is 31.3 Å². The minimum absolute atomic E-state index is 0.160. The van der Waals surface area contributed by atoms with Crippen LogP contribution in [0.3, 0.4) is 0 Å². The number of hydrogen-bond donors (Lipinski definition) is 1. The van der Waals surface area contributed by atoms with Gasteiger partial charge in [0.05, 0.1) is 29.8 Å². The molecule has 0 saturated heterocycles. The van der Waals surface area contributed by atoms with E-state index in [1.165, 1.54) is 0 Å². The summed E-state index contributed by atoms with van der Waals surface area (Å²) in [6, 6.07) is 7.53. The van der Waals surface area contributed by atoms with Gasteiger partial charge in [-0.1, -0.05) is 0 Å². The van der Waals surface area contributed by atoms with Gasteiger partial charge < -0.3 is 19.5 Å². The Bertz CT molecular complexity index is 1090. The number of methoxy groups -OCH3 is 1. The van der Waals surface area contributed by atoms with E-state index < -0.39 is 0 Å². The molecule has 9 heteroatoms. The van der Waals surface area contributed by atoms with E-state index >= 15 is 0 Å². The summed E-state index contributed by atoms with van der Waals surface area (Å²) in [7, 11) is 1.60. The molecule has 0 atom stereocenters. The molecule has 1 aliphatic heterocycles. The van der Waals surface area contributed by atoms with Gasteiger partial charge in [-0.2, -0.15) is 5.10 Å². The van der Waals surface area contributed by atoms with E-state index in [-0.39, 0.29) is 18.6 Å². The predicted molar refractivity (Wildman–Crippen MR) is 107 cm³/mol. The number of carbonyl (C=O) groups excluding carboxylic acids is 1. The lowest BCUT2D eigenvalue weighted by Crippen LogP contribution is -2.27. The summed E-state index contributed by atoms with van der Waals surface area (Å²) in [5.74, 6) is 1.98. The molecule has 1 aliphatic carbocycles. The van der Waals surface area contributed by atoms with Gasteiger partial charge in [-0.05, 0) is 37.1 Å². The summed E-state index contributed by atoms with van der Waals surface area (Å²) in [6.07, 6.45) is 5.32. The molecule has 1 fully saturated rings. The molecule has 9 nitrogen and oxygen atoms in total. The number of rotatable bonds is 7. The molecule has 3 aromatic rings. The van der Waals surface area contributed by atoms with Crippen molar-refractivity contribution in [3.8, 4) is 28.7 Å². The third kappa shape index (κ3) is 3.48. The molecular formula is C21H21N5O4. The maximum Gasteiger partial charge on any atom is 0.254 e. The molecule has 30 heavy (non-hydrogen) atoms. The lowest BCUT2D eigenvalue weighted by Gasteiger charge is -2.09. The molecule has 0 radical (unpaired) electrons. The summed E-state index contributed by atoms with van der Waals surface area (Å²) < 4.78 is 17.5. The van der Waals surface area contributed by atoms with Crippen LogP contribution in [0.25, 0.3) is 17.2 Å². The topological polar surface area (TPSA) is 100 Å². The van der Waals surface area contributed by atoms with Crippen LogP contribution in [0.4, 0.5) is 0 Å². The zero-order valence-corrected chi connectivity index (χ0v) is 16.5. The first kappa shape index (κ1) is 18.6. The quantitative estimate of drug-likeness (QED) is 0.600. The van der Waals surface area contributed by atoms with Crippen LogP contribution in [0, 0.1) is 0 Å². The van der Waals surface area contributed by atoms with E-state index in [2.05, 4.69) is 15.4 Å². The lowest BCUT2D eigenvalue weighted by atomic mass is 10.1. The molecule has 1 amide bonds. The molecule has 0 unspecified atom stereocenters. The third-order valence-electron chi connectivity index (χ3n) is 5.11. The maximum absolute atomic E-state index is 12.6. The highest BCUT2D eigenvalue weighted by Crippen LogP contribution is 2.42. The van der Waals surface area contributed by atoms with Crippen molar-refractivity contribution < 1.29 is 19.0 Å². The minimum atomic E-state index is -0.160. The number of carbonyl (C=O) groups is 1. The van der Waals surface area contributed by atoms with Crippen molar-refractivity contribution in [1.29, 1.82) is 0 Å². The Balaban J connectivity index is 1.47. The van der Waals surface area contributed by atoms with E-state index in [9.17, 15) is 4.79 Å². The Labute approximate surface area is 173 Å². The van der Waals surface area contributed by atoms with Gasteiger partial charge in [0.25, 0.3) is 11.9 Å². The van der Waals surface area contributed by atoms with Gasteiger partial charge in [0.2, 0.25) is 6.79 Å². The van der Waals surface area contributed by atoms with Crippen molar-refractivity contribution >= 4 is 5.91 Å². The molecule has 1 aromatic carbocycles. The first-order valence-corrected chi connectivity index (χ1v) is 9.83. The fourth-order valence-corrected chi connectivity index (χ4v) is 3.47. The molecule has 1 saturated carbocycles. The van der Waals surface area contributed by atoms with Crippen LogP contribution in [0.2, 0.25) is 0 Å². The van der Waals surface area contributed by atoms with Crippen LogP contribution in [-0.2, 0) is 4.74 Å². The van der Waals surface area contributed by atoms with Crippen LogP contribution in [0.15, 0.2) is 36.7 Å². The highest BCUT2D eigenvalue weighted by Gasteiger charge is 2.33. The van der Waals surface area contributed by atoms with E-state index in [4.69, 9.17) is 19.2 Å². The molecule has 3 heterocycles. The fourth-order valence-electron chi connectivity index (χ4n) is 3.47. The number of nitrogens with zero attached hydrogens (tertiary/aromatic N) is 4. The first-order valence-electron chi connectivity index (χ1n) is 9.83. The van der Waals surface area contributed by atoms with E-state index in [1.807, 2.05) is 24.3 Å². The smallest absolute Gasteiger partial charge is 0.254 e. The molecular weight excluding hydrogens is 386 g/mol. The number of fused-ring (bicyclic) bond motifs is 1. The van der Waals surface area contributed by atoms with Crippen molar-refractivity contribution in [3.63, 3.8) is 0 Å². The van der Waals surface area contributed by atoms with Gasteiger partial charge in [0.1, 0.15) is 0 Å². The van der Waals surface area contributed by atoms with Crippen molar-refractivity contribution in [1.82, 2.24) is 25.1 Å². The Morgan fingerprint density at radius 3 is 2.97 bits per heavy atom. The normalized spacial score (nSPS) is 14.7. The fraction of sp³-hybridized carbons (Fsp3) is 0.333. The molecule has 154 valence electrons. The second-order valence-corrected chi connectivity index (χ2v) is 7.19. The maximum atomic E-state index is 12.6. The standard InChI is InChI=1S/C21H21N5O4/c1-28-9-8-22-20(27)15-11-24-26(19(15)13-2-3-13)21-23-7-6-16(25-21)14-4-5-17-18(10-14)30-12-29-17/h4-7,10-11,13H,2-3,8-9,12H2,1H3,(H,22,27). The Morgan fingerprint density at radius 2 is 2.13 bits per heavy atom. The van der Waals surface area contributed by atoms with E-state index in [0.29, 0.717) is 30.4 Å². The van der Waals surface area contributed by atoms with Crippen LogP contribution in [0.5, 0.6) is 11.5 Å². The average molecular weight is 407 g/mol. The Kier molecular flexibility index (Phi) is 4.80. The van der Waals surface area contributed by atoms with Crippen LogP contribution < -0.4 is 14.8 Å². The van der Waals surface area contributed by atoms with E-state index in [0.717, 1.165) is 35.5 Å². The zero-order valence-electron chi connectivity index (χ0n) is 16.5. The van der Waals surface area contributed by atoms with Crippen LogP contribution in [0.1, 0.15) is 34.8 Å². The predicted octanol–water partition coefficient (Wildman–Crippen LogP) is 2.31. The molecule has 0 spiro atoms. The molecule has 0 bridgehead atoms. The van der Waals surface area contributed by atoms with Crippen molar-refractivity contribution in [2.45, 2.75) is 18.8 Å². The van der Waals surface area contributed by atoms with Gasteiger partial charge in [-0.25, -0.2) is 14.6 Å². The van der Waals surface area contributed by atoms with Crippen LogP contribution >= 0.6 is 0 Å². The minimum Gasteiger partial charge on any atom is -0.454 e. The monoisotopic (exact) mass is 407 g/mol. The second kappa shape index (κ2) is 7.75. The highest BCUT2D eigenvalue weighted by atomic mass is 16.7. The summed E-state index contributed by atoms with van der Waals surface area (Å²) in [5, 5.41) is 7.31. The van der Waals surface area contributed by atoms with Crippen LogP contribution in [-0.4, -0.2) is 52.7 Å². The number of amides is 1. The van der Waals surface area contributed by atoms with E-state index in [1.54, 1.807) is 24.2 Å². The van der Waals surface area contributed by atoms with Crippen molar-refractivity contribution in [2.75, 3.05) is 27.1 Å². The number of ether oxygens (including phenoxy) is 3. The number of benzene rings is 1. The Hall–Kier alpha value is -3.46. The lowest BCUT2D eigenvalue weighted by molar-refractivity contribution is 0.0936. The summed E-state index contributed by atoms with van der Waals surface area (Å²) in [4.78, 5) is 21.7. The average Bonchev–Trinajstić information content (AvgIpc) is 3.33. The largest absolute Gasteiger partial charge is 0.454 e.